The van der Waals surface area contributed by atoms with E-state index < -0.39 is 11.6 Å². The third-order valence-electron chi connectivity index (χ3n) is 4.03. The number of piperazine rings is 1. The lowest BCUT2D eigenvalue weighted by atomic mass is 9.96. The van der Waals surface area contributed by atoms with Gasteiger partial charge in [-0.25, -0.2) is 0 Å². The molecule has 1 aliphatic heterocycles. The predicted molar refractivity (Wildman–Crippen MR) is 82.5 cm³/mol. The number of aromatic nitrogens is 2. The maximum Gasteiger partial charge on any atom is 0.246 e. The van der Waals surface area contributed by atoms with Gasteiger partial charge in [-0.3, -0.25) is 14.3 Å². The van der Waals surface area contributed by atoms with E-state index in [1.54, 1.807) is 30.4 Å². The van der Waals surface area contributed by atoms with Gasteiger partial charge in [-0.1, -0.05) is 6.92 Å². The van der Waals surface area contributed by atoms with Crippen molar-refractivity contribution in [2.45, 2.75) is 52.2 Å². The lowest BCUT2D eigenvalue weighted by Gasteiger charge is -2.43. The number of hydrogen-bond acceptors (Lipinski definition) is 3. The third kappa shape index (κ3) is 2.59. The summed E-state index contributed by atoms with van der Waals surface area (Å²) < 4.78 is 2.68. The topological polar surface area (TPSA) is 67.2 Å². The summed E-state index contributed by atoms with van der Waals surface area (Å²) in [4.78, 5) is 26.2. The molecular formula is C14H21BrN4O2. The van der Waals surface area contributed by atoms with Gasteiger partial charge in [0.2, 0.25) is 11.8 Å². The lowest BCUT2D eigenvalue weighted by Crippen LogP contribution is -2.67. The van der Waals surface area contributed by atoms with E-state index in [0.29, 0.717) is 6.54 Å². The number of carbonyl (C=O) groups is 2. The Morgan fingerprint density at radius 1 is 1.38 bits per heavy atom. The summed E-state index contributed by atoms with van der Waals surface area (Å²) in [5, 5.41) is 7.15. The van der Waals surface area contributed by atoms with Gasteiger partial charge in [0.1, 0.15) is 11.6 Å². The molecule has 1 atom stereocenters. The minimum atomic E-state index is -0.875. The molecule has 1 fully saturated rings. The molecule has 1 N–H and O–H groups in total. The van der Waals surface area contributed by atoms with Crippen LogP contribution in [-0.2, 0) is 29.6 Å². The molecule has 0 aromatic carbocycles. The molecule has 1 unspecified atom stereocenters. The fourth-order valence-corrected chi connectivity index (χ4v) is 3.23. The van der Waals surface area contributed by atoms with Crippen LogP contribution in [0.3, 0.4) is 0 Å². The first-order valence-electron chi connectivity index (χ1n) is 7.02. The SMILES string of the molecule is CCc1nn(C)c(CN2C(=O)C(C)NC(=O)C2(C)C)c1Br. The van der Waals surface area contributed by atoms with E-state index in [2.05, 4.69) is 26.3 Å². The molecule has 2 heterocycles. The van der Waals surface area contributed by atoms with E-state index >= 15 is 0 Å². The van der Waals surface area contributed by atoms with Gasteiger partial charge in [0.05, 0.1) is 22.4 Å². The molecule has 116 valence electrons. The Labute approximate surface area is 133 Å². The smallest absolute Gasteiger partial charge is 0.246 e. The van der Waals surface area contributed by atoms with Gasteiger partial charge in [-0.05, 0) is 43.1 Å². The number of carbonyl (C=O) groups excluding carboxylic acids is 2. The van der Waals surface area contributed by atoms with E-state index in [1.807, 2.05) is 14.0 Å². The van der Waals surface area contributed by atoms with Crippen molar-refractivity contribution in [3.05, 3.63) is 15.9 Å². The molecule has 0 aliphatic carbocycles. The quantitative estimate of drug-likeness (QED) is 0.889. The van der Waals surface area contributed by atoms with E-state index in [9.17, 15) is 9.59 Å². The molecule has 0 radical (unpaired) electrons. The van der Waals surface area contributed by atoms with Crippen LogP contribution in [-0.4, -0.2) is 38.1 Å². The molecule has 6 nitrogen and oxygen atoms in total. The van der Waals surface area contributed by atoms with Crippen LogP contribution in [0.5, 0.6) is 0 Å². The van der Waals surface area contributed by atoms with Crippen molar-refractivity contribution in [3.8, 4) is 0 Å². The molecule has 0 bridgehead atoms. The summed E-state index contributed by atoms with van der Waals surface area (Å²) in [5.41, 5.74) is 0.974. The Kier molecular flexibility index (Phi) is 4.15. The first-order valence-corrected chi connectivity index (χ1v) is 7.82. The summed E-state index contributed by atoms with van der Waals surface area (Å²) in [7, 11) is 1.85. The lowest BCUT2D eigenvalue weighted by molar-refractivity contribution is -0.155. The second kappa shape index (κ2) is 5.44. The maximum absolute atomic E-state index is 12.5. The molecule has 7 heteroatoms. The minimum absolute atomic E-state index is 0.0780. The van der Waals surface area contributed by atoms with Crippen molar-refractivity contribution in [1.82, 2.24) is 20.0 Å². The van der Waals surface area contributed by atoms with E-state index in [0.717, 1.165) is 22.3 Å². The fraction of sp³-hybridized carbons (Fsp3) is 0.643. The zero-order chi connectivity index (χ0) is 15.9. The normalized spacial score (nSPS) is 21.6. The van der Waals surface area contributed by atoms with Crippen LogP contribution in [0.25, 0.3) is 0 Å². The molecular weight excluding hydrogens is 336 g/mol. The van der Waals surface area contributed by atoms with E-state index in [1.165, 1.54) is 0 Å². The third-order valence-corrected chi connectivity index (χ3v) is 4.94. The van der Waals surface area contributed by atoms with E-state index in [-0.39, 0.29) is 11.8 Å². The highest BCUT2D eigenvalue weighted by molar-refractivity contribution is 9.10. The Bertz CT molecular complexity index is 594. The molecule has 0 spiro atoms. The van der Waals surface area contributed by atoms with Gasteiger partial charge >= 0.3 is 0 Å². The maximum atomic E-state index is 12.5. The largest absolute Gasteiger partial charge is 0.343 e. The van der Waals surface area contributed by atoms with Gasteiger partial charge in [0, 0.05) is 7.05 Å². The van der Waals surface area contributed by atoms with Gasteiger partial charge in [-0.15, -0.1) is 0 Å². The first kappa shape index (κ1) is 16.0. The standard InChI is InChI=1S/C14H21BrN4O2/c1-6-9-11(15)10(18(5)17-9)7-19-12(20)8(2)16-13(21)14(19,3)4/h8H,6-7H2,1-5H3,(H,16,21). The highest BCUT2D eigenvalue weighted by Gasteiger charge is 2.45. The van der Waals surface area contributed by atoms with Gasteiger partial charge in [-0.2, -0.15) is 5.10 Å². The predicted octanol–water partition coefficient (Wildman–Crippen LogP) is 1.37. The Morgan fingerprint density at radius 2 is 2.00 bits per heavy atom. The van der Waals surface area contributed by atoms with Crippen molar-refractivity contribution in [2.75, 3.05) is 0 Å². The molecule has 1 saturated heterocycles. The van der Waals surface area contributed by atoms with Crippen LogP contribution in [0.15, 0.2) is 4.47 Å². The first-order chi connectivity index (χ1) is 9.70. The molecule has 1 aliphatic rings. The van der Waals surface area contributed by atoms with Crippen molar-refractivity contribution >= 4 is 27.7 Å². The number of halogens is 1. The van der Waals surface area contributed by atoms with Crippen LogP contribution >= 0.6 is 15.9 Å². The van der Waals surface area contributed by atoms with Crippen molar-refractivity contribution in [2.24, 2.45) is 7.05 Å². The van der Waals surface area contributed by atoms with Gasteiger partial charge < -0.3 is 10.2 Å². The summed E-state index contributed by atoms with van der Waals surface area (Å²) >= 11 is 3.55. The number of amides is 2. The second-order valence-electron chi connectivity index (χ2n) is 5.86. The number of nitrogens with zero attached hydrogens (tertiary/aromatic N) is 3. The second-order valence-corrected chi connectivity index (χ2v) is 6.66. The van der Waals surface area contributed by atoms with Crippen molar-refractivity contribution in [3.63, 3.8) is 0 Å². The molecule has 2 rings (SSSR count). The van der Waals surface area contributed by atoms with Crippen LogP contribution in [0.2, 0.25) is 0 Å². The van der Waals surface area contributed by atoms with Crippen molar-refractivity contribution in [1.29, 1.82) is 0 Å². The molecule has 1 aromatic heterocycles. The van der Waals surface area contributed by atoms with Crippen LogP contribution in [0.4, 0.5) is 0 Å². The average molecular weight is 357 g/mol. The zero-order valence-electron chi connectivity index (χ0n) is 13.0. The van der Waals surface area contributed by atoms with Crippen LogP contribution in [0.1, 0.15) is 39.1 Å². The summed E-state index contributed by atoms with van der Waals surface area (Å²) in [6.45, 7) is 7.61. The number of nitrogens with one attached hydrogen (secondary N) is 1. The molecule has 1 aromatic rings. The fourth-order valence-electron chi connectivity index (χ4n) is 2.48. The van der Waals surface area contributed by atoms with Crippen molar-refractivity contribution < 1.29 is 9.59 Å². The summed E-state index contributed by atoms with van der Waals surface area (Å²) in [6.07, 6.45) is 0.808. The highest BCUT2D eigenvalue weighted by atomic mass is 79.9. The van der Waals surface area contributed by atoms with Gasteiger partial charge in [0.15, 0.2) is 0 Å². The minimum Gasteiger partial charge on any atom is -0.343 e. The summed E-state index contributed by atoms with van der Waals surface area (Å²) in [5.74, 6) is -0.214. The monoisotopic (exact) mass is 356 g/mol. The summed E-state index contributed by atoms with van der Waals surface area (Å²) in [6, 6.07) is -0.497. The highest BCUT2D eigenvalue weighted by Crippen LogP contribution is 2.28. The van der Waals surface area contributed by atoms with Crippen LogP contribution < -0.4 is 5.32 Å². The van der Waals surface area contributed by atoms with E-state index in [4.69, 9.17) is 0 Å². The molecule has 0 saturated carbocycles. The Balaban J connectivity index is 2.38. The molecule has 21 heavy (non-hydrogen) atoms. The molecule has 2 amide bonds. The Hall–Kier alpha value is -1.37. The number of rotatable bonds is 3. The number of aryl methyl sites for hydroxylation is 2. The van der Waals surface area contributed by atoms with Crippen LogP contribution in [0, 0.1) is 0 Å². The number of hydrogen-bond donors (Lipinski definition) is 1. The van der Waals surface area contributed by atoms with Gasteiger partial charge in [0.25, 0.3) is 0 Å². The average Bonchev–Trinajstić information content (AvgIpc) is 2.68. The zero-order valence-corrected chi connectivity index (χ0v) is 14.6. The Morgan fingerprint density at radius 3 is 2.52 bits per heavy atom.